The van der Waals surface area contributed by atoms with Crippen molar-refractivity contribution in [1.29, 1.82) is 0 Å². The van der Waals surface area contributed by atoms with Gasteiger partial charge < -0.3 is 14.8 Å². The van der Waals surface area contributed by atoms with Crippen LogP contribution in [0, 0.1) is 5.92 Å². The second kappa shape index (κ2) is 5.27. The van der Waals surface area contributed by atoms with Gasteiger partial charge in [-0.3, -0.25) is 0 Å². The van der Waals surface area contributed by atoms with Crippen LogP contribution < -0.4 is 10.1 Å². The van der Waals surface area contributed by atoms with Crippen LogP contribution in [0.3, 0.4) is 0 Å². The number of anilines is 1. The summed E-state index contributed by atoms with van der Waals surface area (Å²) in [4.78, 5) is 11.8. The quantitative estimate of drug-likeness (QED) is 0.852. The van der Waals surface area contributed by atoms with E-state index in [0.29, 0.717) is 18.5 Å². The van der Waals surface area contributed by atoms with Crippen molar-refractivity contribution in [3.8, 4) is 6.01 Å². The number of nitrogens with zero attached hydrogens (tertiary/aromatic N) is 3. The van der Waals surface area contributed by atoms with Gasteiger partial charge in [0.05, 0.1) is 13.2 Å². The van der Waals surface area contributed by atoms with E-state index < -0.39 is 0 Å². The summed E-state index contributed by atoms with van der Waals surface area (Å²) in [5.74, 6) is 0.811. The first-order valence-corrected chi connectivity index (χ1v) is 5.45. The molecule has 0 spiro atoms. The highest BCUT2D eigenvalue weighted by molar-refractivity contribution is 6.28. The molecule has 1 atom stereocenters. The number of ether oxygens (including phenoxy) is 2. The monoisotopic (exact) mass is 244 g/mol. The molecule has 1 N–H and O–H groups in total. The molecule has 1 aliphatic heterocycles. The van der Waals surface area contributed by atoms with Crippen molar-refractivity contribution < 1.29 is 9.47 Å². The summed E-state index contributed by atoms with van der Waals surface area (Å²) in [5, 5.41) is 2.91. The molecule has 16 heavy (non-hydrogen) atoms. The van der Waals surface area contributed by atoms with E-state index in [1.54, 1.807) is 7.05 Å². The lowest BCUT2D eigenvalue weighted by atomic mass is 10.1. The number of halogens is 1. The van der Waals surface area contributed by atoms with Crippen LogP contribution in [0.25, 0.3) is 0 Å². The molecule has 0 bridgehead atoms. The van der Waals surface area contributed by atoms with E-state index in [1.165, 1.54) is 0 Å². The Hall–Kier alpha value is -1.14. The summed E-state index contributed by atoms with van der Waals surface area (Å²) in [6, 6.07) is 0.247. The van der Waals surface area contributed by atoms with Gasteiger partial charge in [0.2, 0.25) is 11.2 Å². The molecule has 1 fully saturated rings. The first-order valence-electron chi connectivity index (χ1n) is 5.08. The van der Waals surface area contributed by atoms with Crippen molar-refractivity contribution >= 4 is 17.5 Å². The van der Waals surface area contributed by atoms with E-state index in [9.17, 15) is 0 Å². The van der Waals surface area contributed by atoms with Crippen LogP contribution in [0.2, 0.25) is 5.28 Å². The topological polar surface area (TPSA) is 69.2 Å². The molecule has 0 amide bonds. The third-order valence-electron chi connectivity index (χ3n) is 2.28. The fourth-order valence-electron chi connectivity index (χ4n) is 1.42. The highest BCUT2D eigenvalue weighted by Crippen LogP contribution is 2.15. The molecule has 6 nitrogen and oxygen atoms in total. The van der Waals surface area contributed by atoms with Crippen molar-refractivity contribution in [1.82, 2.24) is 15.0 Å². The van der Waals surface area contributed by atoms with Gasteiger partial charge in [0.1, 0.15) is 0 Å². The lowest BCUT2D eigenvalue weighted by Gasteiger charge is -2.09. The van der Waals surface area contributed by atoms with E-state index in [-0.39, 0.29) is 11.3 Å². The van der Waals surface area contributed by atoms with Crippen LogP contribution in [0.1, 0.15) is 6.42 Å². The third-order valence-corrected chi connectivity index (χ3v) is 2.45. The van der Waals surface area contributed by atoms with Crippen molar-refractivity contribution in [3.05, 3.63) is 5.28 Å². The lowest BCUT2D eigenvalue weighted by Crippen LogP contribution is -2.13. The number of rotatable bonds is 4. The molecule has 1 aromatic heterocycles. The largest absolute Gasteiger partial charge is 0.463 e. The van der Waals surface area contributed by atoms with Crippen LogP contribution in [-0.4, -0.2) is 41.8 Å². The highest BCUT2D eigenvalue weighted by Gasteiger charge is 2.17. The molecule has 2 heterocycles. The van der Waals surface area contributed by atoms with Gasteiger partial charge in [0.15, 0.2) is 0 Å². The van der Waals surface area contributed by atoms with Crippen LogP contribution in [0.15, 0.2) is 0 Å². The van der Waals surface area contributed by atoms with E-state index in [2.05, 4.69) is 20.3 Å². The van der Waals surface area contributed by atoms with E-state index in [0.717, 1.165) is 19.6 Å². The van der Waals surface area contributed by atoms with Crippen molar-refractivity contribution in [2.45, 2.75) is 6.42 Å². The molecule has 0 saturated carbocycles. The minimum atomic E-state index is 0.122. The lowest BCUT2D eigenvalue weighted by molar-refractivity contribution is 0.163. The zero-order valence-corrected chi connectivity index (χ0v) is 9.70. The van der Waals surface area contributed by atoms with Gasteiger partial charge in [0.25, 0.3) is 0 Å². The number of aromatic nitrogens is 3. The normalized spacial score (nSPS) is 19.8. The summed E-state index contributed by atoms with van der Waals surface area (Å²) in [6.07, 6.45) is 1.01. The van der Waals surface area contributed by atoms with E-state index >= 15 is 0 Å². The Morgan fingerprint density at radius 1 is 1.50 bits per heavy atom. The molecule has 0 aromatic carbocycles. The number of nitrogens with one attached hydrogen (secondary N) is 1. The van der Waals surface area contributed by atoms with Gasteiger partial charge in [-0.2, -0.15) is 15.0 Å². The minimum absolute atomic E-state index is 0.122. The second-order valence-electron chi connectivity index (χ2n) is 3.50. The maximum atomic E-state index is 5.72. The van der Waals surface area contributed by atoms with Crippen LogP contribution in [0.4, 0.5) is 5.95 Å². The van der Waals surface area contributed by atoms with Gasteiger partial charge >= 0.3 is 6.01 Å². The SMILES string of the molecule is CNc1nc(Cl)nc(OCC2CCOC2)n1. The van der Waals surface area contributed by atoms with Gasteiger partial charge in [-0.15, -0.1) is 0 Å². The minimum Gasteiger partial charge on any atom is -0.463 e. The van der Waals surface area contributed by atoms with Crippen LogP contribution in [-0.2, 0) is 4.74 Å². The second-order valence-corrected chi connectivity index (χ2v) is 3.84. The average molecular weight is 245 g/mol. The molecule has 1 unspecified atom stereocenters. The van der Waals surface area contributed by atoms with Crippen LogP contribution in [0.5, 0.6) is 6.01 Å². The Balaban J connectivity index is 1.94. The Kier molecular flexibility index (Phi) is 3.74. The Bertz CT molecular complexity index is 357. The molecular weight excluding hydrogens is 232 g/mol. The molecule has 7 heteroatoms. The smallest absolute Gasteiger partial charge is 0.322 e. The molecule has 1 saturated heterocycles. The van der Waals surface area contributed by atoms with E-state index in [4.69, 9.17) is 21.1 Å². The fraction of sp³-hybridized carbons (Fsp3) is 0.667. The summed E-state index contributed by atoms with van der Waals surface area (Å²) in [5.41, 5.74) is 0. The summed E-state index contributed by atoms with van der Waals surface area (Å²) >= 11 is 5.72. The maximum Gasteiger partial charge on any atom is 0.322 e. The Morgan fingerprint density at radius 3 is 3.06 bits per heavy atom. The first-order chi connectivity index (χ1) is 7.78. The summed E-state index contributed by atoms with van der Waals surface area (Å²) in [7, 11) is 1.71. The van der Waals surface area contributed by atoms with E-state index in [1.807, 2.05) is 0 Å². The van der Waals surface area contributed by atoms with Crippen molar-refractivity contribution in [2.75, 3.05) is 32.2 Å². The molecule has 0 radical (unpaired) electrons. The van der Waals surface area contributed by atoms with Crippen LogP contribution >= 0.6 is 11.6 Å². The van der Waals surface area contributed by atoms with Gasteiger partial charge in [0, 0.05) is 19.6 Å². The zero-order valence-electron chi connectivity index (χ0n) is 8.94. The molecule has 0 aliphatic carbocycles. The Morgan fingerprint density at radius 2 is 2.38 bits per heavy atom. The fourth-order valence-corrected chi connectivity index (χ4v) is 1.57. The van der Waals surface area contributed by atoms with Crippen molar-refractivity contribution in [3.63, 3.8) is 0 Å². The van der Waals surface area contributed by atoms with Gasteiger partial charge in [-0.25, -0.2) is 0 Å². The predicted octanol–water partition coefficient (Wildman–Crippen LogP) is 0.982. The average Bonchev–Trinajstić information content (AvgIpc) is 2.78. The highest BCUT2D eigenvalue weighted by atomic mass is 35.5. The molecule has 1 aliphatic rings. The third kappa shape index (κ3) is 2.93. The molecule has 1 aromatic rings. The molecule has 2 rings (SSSR count). The molecule has 88 valence electrons. The van der Waals surface area contributed by atoms with Gasteiger partial charge in [-0.1, -0.05) is 0 Å². The van der Waals surface area contributed by atoms with Gasteiger partial charge in [-0.05, 0) is 18.0 Å². The number of hydrogen-bond donors (Lipinski definition) is 1. The Labute approximate surface area is 98.4 Å². The van der Waals surface area contributed by atoms with Crippen molar-refractivity contribution in [2.24, 2.45) is 5.92 Å². The maximum absolute atomic E-state index is 5.72. The standard InChI is InChI=1S/C9H13ClN4O2/c1-11-8-12-7(10)13-9(14-8)16-5-6-2-3-15-4-6/h6H,2-5H2,1H3,(H,11,12,13,14). The molecular formula is C9H13ClN4O2. The number of hydrogen-bond acceptors (Lipinski definition) is 6. The predicted molar refractivity (Wildman–Crippen MR) is 58.8 cm³/mol. The zero-order chi connectivity index (χ0) is 11.4. The summed E-state index contributed by atoms with van der Waals surface area (Å²) < 4.78 is 10.7. The first kappa shape index (κ1) is 11.3. The summed E-state index contributed by atoms with van der Waals surface area (Å²) in [6.45, 7) is 2.08.